The SMILES string of the molecule is CN(CC(=O)N1CCOCC1CC(=O)O)S(=O)(=O)c1cccnc1. The van der Waals surface area contributed by atoms with Crippen LogP contribution in [0.2, 0.25) is 0 Å². The van der Waals surface area contributed by atoms with Gasteiger partial charge in [0.25, 0.3) is 0 Å². The van der Waals surface area contributed by atoms with Crippen molar-refractivity contribution >= 4 is 21.9 Å². The van der Waals surface area contributed by atoms with Crippen molar-refractivity contribution in [3.8, 4) is 0 Å². The van der Waals surface area contributed by atoms with Gasteiger partial charge in [-0.2, -0.15) is 4.31 Å². The van der Waals surface area contributed by atoms with Crippen molar-refractivity contribution < 1.29 is 27.9 Å². The number of ether oxygens (including phenoxy) is 1. The largest absolute Gasteiger partial charge is 0.481 e. The lowest BCUT2D eigenvalue weighted by molar-refractivity contribution is -0.146. The third-order valence-electron chi connectivity index (χ3n) is 3.66. The van der Waals surface area contributed by atoms with Crippen LogP contribution in [0.5, 0.6) is 0 Å². The van der Waals surface area contributed by atoms with Crippen molar-refractivity contribution in [1.82, 2.24) is 14.2 Å². The molecular formula is C14H19N3O6S. The molecule has 1 aliphatic rings. The molecule has 1 unspecified atom stereocenters. The number of aromatic nitrogens is 1. The highest BCUT2D eigenvalue weighted by molar-refractivity contribution is 7.89. The number of nitrogens with zero attached hydrogens (tertiary/aromatic N) is 3. The number of likely N-dealkylation sites (N-methyl/N-ethyl adjacent to an activating group) is 1. The molecule has 0 aliphatic carbocycles. The fraction of sp³-hybridized carbons (Fsp3) is 0.500. The lowest BCUT2D eigenvalue weighted by atomic mass is 10.1. The number of aliphatic carboxylic acids is 1. The maximum absolute atomic E-state index is 12.4. The Labute approximate surface area is 139 Å². The molecule has 0 radical (unpaired) electrons. The first-order valence-electron chi connectivity index (χ1n) is 7.27. The van der Waals surface area contributed by atoms with Crippen molar-refractivity contribution in [1.29, 1.82) is 0 Å². The smallest absolute Gasteiger partial charge is 0.305 e. The second-order valence-electron chi connectivity index (χ2n) is 5.36. The Morgan fingerprint density at radius 1 is 1.50 bits per heavy atom. The Morgan fingerprint density at radius 2 is 2.25 bits per heavy atom. The zero-order valence-electron chi connectivity index (χ0n) is 13.2. The molecule has 1 aliphatic heterocycles. The van der Waals surface area contributed by atoms with Crippen molar-refractivity contribution in [2.75, 3.05) is 33.4 Å². The van der Waals surface area contributed by atoms with Gasteiger partial charge in [-0.15, -0.1) is 0 Å². The summed E-state index contributed by atoms with van der Waals surface area (Å²) in [7, 11) is -2.54. The average Bonchev–Trinajstić information content (AvgIpc) is 2.55. The van der Waals surface area contributed by atoms with Crippen LogP contribution in [0.1, 0.15) is 6.42 Å². The number of sulfonamides is 1. The van der Waals surface area contributed by atoms with E-state index < -0.39 is 27.9 Å². The number of carbonyl (C=O) groups excluding carboxylic acids is 1. The van der Waals surface area contributed by atoms with Crippen molar-refractivity contribution in [2.24, 2.45) is 0 Å². The van der Waals surface area contributed by atoms with Crippen LogP contribution in [0.25, 0.3) is 0 Å². The first-order chi connectivity index (χ1) is 11.3. The van der Waals surface area contributed by atoms with E-state index in [1.807, 2.05) is 0 Å². The van der Waals surface area contributed by atoms with Gasteiger partial charge in [-0.25, -0.2) is 8.42 Å². The number of carbonyl (C=O) groups is 2. The molecule has 0 bridgehead atoms. The second kappa shape index (κ2) is 7.69. The van der Waals surface area contributed by atoms with E-state index in [2.05, 4.69) is 4.98 Å². The van der Waals surface area contributed by atoms with E-state index in [-0.39, 0.29) is 31.0 Å². The van der Waals surface area contributed by atoms with Gasteiger partial charge in [-0.05, 0) is 12.1 Å². The normalized spacial score (nSPS) is 18.6. The Balaban J connectivity index is 2.08. The van der Waals surface area contributed by atoms with Crippen LogP contribution in [0, 0.1) is 0 Å². The molecule has 132 valence electrons. The maximum atomic E-state index is 12.4. The summed E-state index contributed by atoms with van der Waals surface area (Å²) in [5, 5.41) is 8.92. The van der Waals surface area contributed by atoms with Gasteiger partial charge in [0.05, 0.1) is 32.2 Å². The Bertz CT molecular complexity index is 694. The number of amides is 1. The first-order valence-corrected chi connectivity index (χ1v) is 8.71. The highest BCUT2D eigenvalue weighted by atomic mass is 32.2. The predicted octanol–water partition coefficient (Wildman–Crippen LogP) is -0.596. The van der Waals surface area contributed by atoms with Crippen molar-refractivity contribution in [3.63, 3.8) is 0 Å². The molecule has 0 aromatic carbocycles. The van der Waals surface area contributed by atoms with Gasteiger partial charge < -0.3 is 14.7 Å². The summed E-state index contributed by atoms with van der Waals surface area (Å²) in [6.07, 6.45) is 2.41. The standard InChI is InChI=1S/C14H19N3O6S/c1-16(24(21,22)12-3-2-4-15-8-12)9-13(18)17-5-6-23-10-11(17)7-14(19)20/h2-4,8,11H,5-7,9-10H2,1H3,(H,19,20). The Morgan fingerprint density at radius 3 is 2.88 bits per heavy atom. The monoisotopic (exact) mass is 357 g/mol. The summed E-state index contributed by atoms with van der Waals surface area (Å²) in [6, 6.07) is 2.29. The van der Waals surface area contributed by atoms with E-state index in [1.54, 1.807) is 0 Å². The van der Waals surface area contributed by atoms with Gasteiger partial charge in [0.15, 0.2) is 0 Å². The van der Waals surface area contributed by atoms with Gasteiger partial charge in [0.2, 0.25) is 15.9 Å². The van der Waals surface area contributed by atoms with E-state index >= 15 is 0 Å². The molecule has 1 aromatic rings. The van der Waals surface area contributed by atoms with E-state index in [1.165, 1.54) is 36.5 Å². The Kier molecular flexibility index (Phi) is 5.86. The number of carboxylic acid groups (broad SMARTS) is 1. The number of pyridine rings is 1. The molecule has 1 atom stereocenters. The summed E-state index contributed by atoms with van der Waals surface area (Å²) in [5.41, 5.74) is 0. The molecule has 1 fully saturated rings. The van der Waals surface area contributed by atoms with Gasteiger partial charge >= 0.3 is 5.97 Å². The number of hydrogen-bond donors (Lipinski definition) is 1. The summed E-state index contributed by atoms with van der Waals surface area (Å²) in [4.78, 5) is 28.5. The van der Waals surface area contributed by atoms with Gasteiger partial charge in [0.1, 0.15) is 4.90 Å². The second-order valence-corrected chi connectivity index (χ2v) is 7.41. The van der Waals surface area contributed by atoms with Crippen LogP contribution in [-0.2, 0) is 24.3 Å². The predicted molar refractivity (Wildman–Crippen MR) is 82.6 cm³/mol. The van der Waals surface area contributed by atoms with E-state index in [9.17, 15) is 18.0 Å². The van der Waals surface area contributed by atoms with Crippen LogP contribution in [-0.4, -0.2) is 79.0 Å². The van der Waals surface area contributed by atoms with Crippen molar-refractivity contribution in [2.45, 2.75) is 17.4 Å². The lowest BCUT2D eigenvalue weighted by Gasteiger charge is -2.35. The fourth-order valence-corrected chi connectivity index (χ4v) is 3.48. The third-order valence-corrected chi connectivity index (χ3v) is 5.45. The number of hydrogen-bond acceptors (Lipinski definition) is 6. The van der Waals surface area contributed by atoms with Gasteiger partial charge in [0, 0.05) is 26.0 Å². The van der Waals surface area contributed by atoms with Crippen LogP contribution in [0.15, 0.2) is 29.4 Å². The van der Waals surface area contributed by atoms with Crippen LogP contribution < -0.4 is 0 Å². The molecule has 1 amide bonds. The molecule has 9 nitrogen and oxygen atoms in total. The molecule has 0 saturated carbocycles. The zero-order valence-corrected chi connectivity index (χ0v) is 14.0. The minimum atomic E-state index is -3.84. The molecule has 0 spiro atoms. The molecule has 1 saturated heterocycles. The van der Waals surface area contributed by atoms with Crippen LogP contribution >= 0.6 is 0 Å². The molecular weight excluding hydrogens is 338 g/mol. The summed E-state index contributed by atoms with van der Waals surface area (Å²) in [5.74, 6) is -1.50. The van der Waals surface area contributed by atoms with E-state index in [4.69, 9.17) is 9.84 Å². The third kappa shape index (κ3) is 4.28. The first kappa shape index (κ1) is 18.3. The lowest BCUT2D eigenvalue weighted by Crippen LogP contribution is -2.52. The minimum absolute atomic E-state index is 0.00985. The Hall–Kier alpha value is -2.04. The van der Waals surface area contributed by atoms with E-state index in [0.717, 1.165) is 4.31 Å². The molecule has 2 rings (SSSR count). The summed E-state index contributed by atoms with van der Waals surface area (Å²) < 4.78 is 31.0. The molecule has 10 heteroatoms. The molecule has 1 aromatic heterocycles. The van der Waals surface area contributed by atoms with Gasteiger partial charge in [-0.1, -0.05) is 0 Å². The van der Waals surface area contributed by atoms with Gasteiger partial charge in [-0.3, -0.25) is 14.6 Å². The van der Waals surface area contributed by atoms with E-state index in [0.29, 0.717) is 6.61 Å². The average molecular weight is 357 g/mol. The van der Waals surface area contributed by atoms with Crippen molar-refractivity contribution in [3.05, 3.63) is 24.5 Å². The number of rotatable bonds is 6. The molecule has 24 heavy (non-hydrogen) atoms. The van der Waals surface area contributed by atoms with Crippen LogP contribution in [0.3, 0.4) is 0 Å². The minimum Gasteiger partial charge on any atom is -0.481 e. The molecule has 2 heterocycles. The maximum Gasteiger partial charge on any atom is 0.305 e. The summed E-state index contributed by atoms with van der Waals surface area (Å²) >= 11 is 0. The highest BCUT2D eigenvalue weighted by Gasteiger charge is 2.31. The number of carboxylic acids is 1. The highest BCUT2D eigenvalue weighted by Crippen LogP contribution is 2.15. The fourth-order valence-electron chi connectivity index (χ4n) is 2.40. The number of morpholine rings is 1. The topological polar surface area (TPSA) is 117 Å². The molecule has 1 N–H and O–H groups in total. The van der Waals surface area contributed by atoms with Crippen LogP contribution in [0.4, 0.5) is 0 Å². The zero-order chi connectivity index (χ0) is 17.7. The quantitative estimate of drug-likeness (QED) is 0.723. The summed E-state index contributed by atoms with van der Waals surface area (Å²) in [6.45, 7) is 0.267.